The fraction of sp³-hybridized carbons (Fsp3) is 0.526. The number of hydrogen-bond acceptors (Lipinski definition) is 1. The van der Waals surface area contributed by atoms with Gasteiger partial charge < -0.3 is 4.74 Å². The molecule has 0 N–H and O–H groups in total. The summed E-state index contributed by atoms with van der Waals surface area (Å²) in [6.07, 6.45) is 10.6. The van der Waals surface area contributed by atoms with E-state index in [0.29, 0.717) is 6.73 Å². The largest absolute Gasteiger partial charge is 0.342 e. The summed E-state index contributed by atoms with van der Waals surface area (Å²) in [5, 5.41) is 0. The molecule has 0 aliphatic heterocycles. The van der Waals surface area contributed by atoms with Crippen LogP contribution in [0, 0.1) is 0 Å². The van der Waals surface area contributed by atoms with Crippen molar-refractivity contribution in [2.45, 2.75) is 59.2 Å². The van der Waals surface area contributed by atoms with E-state index in [1.165, 1.54) is 37.1 Å². The highest BCUT2D eigenvalue weighted by atomic mass is 16.5. The first-order chi connectivity index (χ1) is 10.9. The van der Waals surface area contributed by atoms with Crippen molar-refractivity contribution >= 4 is 0 Å². The molecule has 0 saturated carbocycles. The van der Waals surface area contributed by atoms with Crippen LogP contribution in [-0.2, 0) is 18.0 Å². The van der Waals surface area contributed by atoms with Crippen molar-refractivity contribution in [3.8, 4) is 11.4 Å². The van der Waals surface area contributed by atoms with Crippen LogP contribution in [0.1, 0.15) is 46.0 Å². The molecule has 120 valence electrons. The number of aryl methyl sites for hydroxylation is 1. The summed E-state index contributed by atoms with van der Waals surface area (Å²) < 4.78 is 10.3. The zero-order chi connectivity index (χ0) is 15.6. The number of rotatable bonds is 10. The number of imidazole rings is 1. The van der Waals surface area contributed by atoms with Crippen molar-refractivity contribution < 1.29 is 9.30 Å². The lowest BCUT2D eigenvalue weighted by Gasteiger charge is -2.06. The lowest BCUT2D eigenvalue weighted by atomic mass is 10.2. The van der Waals surface area contributed by atoms with Crippen molar-refractivity contribution in [3.63, 3.8) is 0 Å². The molecule has 22 heavy (non-hydrogen) atoms. The molecule has 0 aliphatic rings. The zero-order valence-electron chi connectivity index (χ0n) is 14.0. The van der Waals surface area contributed by atoms with Crippen LogP contribution in [0.3, 0.4) is 0 Å². The molecule has 2 aromatic rings. The quantitative estimate of drug-likeness (QED) is 0.469. The number of benzene rings is 1. The van der Waals surface area contributed by atoms with E-state index < -0.39 is 0 Å². The lowest BCUT2D eigenvalue weighted by Crippen LogP contribution is -2.36. The summed E-state index contributed by atoms with van der Waals surface area (Å²) in [6.45, 7) is 6.86. The Kier molecular flexibility index (Phi) is 7.17. The molecule has 0 bridgehead atoms. The van der Waals surface area contributed by atoms with E-state index in [1.54, 1.807) is 0 Å². The molecule has 3 heteroatoms. The van der Waals surface area contributed by atoms with E-state index in [0.717, 1.165) is 19.6 Å². The van der Waals surface area contributed by atoms with Crippen molar-refractivity contribution in [2.24, 2.45) is 0 Å². The van der Waals surface area contributed by atoms with Crippen LogP contribution in [0.4, 0.5) is 0 Å². The second-order valence-corrected chi connectivity index (χ2v) is 5.70. The van der Waals surface area contributed by atoms with Crippen molar-refractivity contribution in [2.75, 3.05) is 6.61 Å². The van der Waals surface area contributed by atoms with Gasteiger partial charge in [-0.15, -0.1) is 0 Å². The average Bonchev–Trinajstić information content (AvgIpc) is 2.98. The number of unbranched alkanes of at least 4 members (excludes halogenated alkanes) is 4. The van der Waals surface area contributed by atoms with Gasteiger partial charge in [0, 0.05) is 0 Å². The minimum Gasteiger partial charge on any atom is -0.342 e. The van der Waals surface area contributed by atoms with E-state index in [-0.39, 0.29) is 0 Å². The van der Waals surface area contributed by atoms with Crippen LogP contribution in [0.2, 0.25) is 0 Å². The standard InChI is InChI=1S/C19H29N2O/c1-3-5-6-7-11-16-22-17-21-15-14-20(4-2)19(21)18-12-9-8-10-13-18/h8-10,12-15H,3-7,11,16-17H2,1-2H3/q+1. The molecule has 0 spiro atoms. The molecule has 0 unspecified atom stereocenters. The molecule has 1 aromatic heterocycles. The summed E-state index contributed by atoms with van der Waals surface area (Å²) in [6, 6.07) is 10.5. The Morgan fingerprint density at radius 3 is 2.50 bits per heavy atom. The fourth-order valence-electron chi connectivity index (χ4n) is 2.72. The molecular formula is C19H29N2O+. The summed E-state index contributed by atoms with van der Waals surface area (Å²) in [4.78, 5) is 0. The lowest BCUT2D eigenvalue weighted by molar-refractivity contribution is -0.722. The Labute approximate surface area is 134 Å². The number of nitrogens with zero attached hydrogens (tertiary/aromatic N) is 2. The molecule has 3 nitrogen and oxygen atoms in total. The van der Waals surface area contributed by atoms with Gasteiger partial charge in [0.05, 0.1) is 18.7 Å². The molecule has 1 heterocycles. The van der Waals surface area contributed by atoms with Gasteiger partial charge >= 0.3 is 0 Å². The Bertz CT molecular complexity index is 534. The molecule has 0 saturated heterocycles. The van der Waals surface area contributed by atoms with Crippen LogP contribution < -0.4 is 4.57 Å². The smallest absolute Gasteiger partial charge is 0.290 e. The summed E-state index contributed by atoms with van der Waals surface area (Å²) in [7, 11) is 0. The van der Waals surface area contributed by atoms with Gasteiger partial charge in [0.15, 0.2) is 6.73 Å². The van der Waals surface area contributed by atoms with E-state index in [1.807, 2.05) is 0 Å². The maximum Gasteiger partial charge on any atom is 0.290 e. The van der Waals surface area contributed by atoms with Gasteiger partial charge in [-0.1, -0.05) is 50.8 Å². The first-order valence-corrected chi connectivity index (χ1v) is 8.58. The molecule has 0 radical (unpaired) electrons. The van der Waals surface area contributed by atoms with Gasteiger partial charge in [-0.25, -0.2) is 9.13 Å². The molecular weight excluding hydrogens is 272 g/mol. The minimum atomic E-state index is 0.630. The zero-order valence-corrected chi connectivity index (χ0v) is 14.0. The molecule has 2 rings (SSSR count). The highest BCUT2D eigenvalue weighted by Crippen LogP contribution is 2.15. The van der Waals surface area contributed by atoms with Gasteiger partial charge in [-0.2, -0.15) is 0 Å². The molecule has 0 amide bonds. The monoisotopic (exact) mass is 301 g/mol. The first-order valence-electron chi connectivity index (χ1n) is 8.58. The predicted molar refractivity (Wildman–Crippen MR) is 90.4 cm³/mol. The maximum absolute atomic E-state index is 5.87. The van der Waals surface area contributed by atoms with Gasteiger partial charge in [-0.3, -0.25) is 0 Å². The normalized spacial score (nSPS) is 11.0. The third-order valence-electron chi connectivity index (χ3n) is 3.97. The second-order valence-electron chi connectivity index (χ2n) is 5.70. The van der Waals surface area contributed by atoms with Crippen LogP contribution in [0.5, 0.6) is 0 Å². The van der Waals surface area contributed by atoms with E-state index >= 15 is 0 Å². The highest BCUT2D eigenvalue weighted by Gasteiger charge is 2.17. The Balaban J connectivity index is 1.90. The van der Waals surface area contributed by atoms with E-state index in [4.69, 9.17) is 4.74 Å². The number of hydrogen-bond donors (Lipinski definition) is 0. The van der Waals surface area contributed by atoms with Crippen molar-refractivity contribution in [3.05, 3.63) is 42.7 Å². The number of ether oxygens (including phenoxy) is 1. The fourth-order valence-corrected chi connectivity index (χ4v) is 2.72. The predicted octanol–water partition coefficient (Wildman–Crippen LogP) is 4.41. The van der Waals surface area contributed by atoms with Crippen molar-refractivity contribution in [1.29, 1.82) is 0 Å². The van der Waals surface area contributed by atoms with Gasteiger partial charge in [-0.05, 0) is 25.5 Å². The van der Waals surface area contributed by atoms with Gasteiger partial charge in [0.1, 0.15) is 12.4 Å². The topological polar surface area (TPSA) is 18.0 Å². The molecule has 1 aromatic carbocycles. The Morgan fingerprint density at radius 2 is 1.77 bits per heavy atom. The molecule has 0 fully saturated rings. The summed E-state index contributed by atoms with van der Waals surface area (Å²) in [5.41, 5.74) is 1.24. The summed E-state index contributed by atoms with van der Waals surface area (Å²) in [5.74, 6) is 1.22. The molecule has 0 atom stereocenters. The average molecular weight is 301 g/mol. The summed E-state index contributed by atoms with van der Waals surface area (Å²) >= 11 is 0. The molecule has 0 aliphatic carbocycles. The maximum atomic E-state index is 5.87. The van der Waals surface area contributed by atoms with Crippen LogP contribution in [0.25, 0.3) is 11.4 Å². The minimum absolute atomic E-state index is 0.630. The Hall–Kier alpha value is -1.61. The van der Waals surface area contributed by atoms with Crippen LogP contribution >= 0.6 is 0 Å². The van der Waals surface area contributed by atoms with E-state index in [9.17, 15) is 0 Å². The van der Waals surface area contributed by atoms with Gasteiger partial charge in [0.25, 0.3) is 5.82 Å². The number of aromatic nitrogens is 2. The van der Waals surface area contributed by atoms with Crippen LogP contribution in [-0.4, -0.2) is 11.2 Å². The van der Waals surface area contributed by atoms with Crippen molar-refractivity contribution in [1.82, 2.24) is 4.57 Å². The van der Waals surface area contributed by atoms with Gasteiger partial charge in [0.2, 0.25) is 0 Å². The highest BCUT2D eigenvalue weighted by molar-refractivity contribution is 5.52. The third-order valence-corrected chi connectivity index (χ3v) is 3.97. The third kappa shape index (κ3) is 4.70. The van der Waals surface area contributed by atoms with E-state index in [2.05, 4.69) is 65.7 Å². The van der Waals surface area contributed by atoms with Crippen LogP contribution in [0.15, 0.2) is 42.7 Å². The second kappa shape index (κ2) is 9.42. The first kappa shape index (κ1) is 16.8. The Morgan fingerprint density at radius 1 is 1.00 bits per heavy atom. The SMILES string of the molecule is CCCCCCCOC[n+]1ccn(CC)c1-c1ccccc1.